The molecule has 0 saturated heterocycles. The number of aliphatic hydroxyl groups is 1. The number of amides is 1. The van der Waals surface area contributed by atoms with Crippen LogP contribution in [0.3, 0.4) is 0 Å². The van der Waals surface area contributed by atoms with E-state index in [9.17, 15) is 9.90 Å². The SMILES string of the molecule is Cn1ncc2c(N)nc3cc(Cl)c(C(=O)N(Cc4ccc(C#CC(C)(C)O)cn4)C4CC4)cc3c21. The second-order valence-corrected chi connectivity index (χ2v) is 9.80. The van der Waals surface area contributed by atoms with Gasteiger partial charge in [0.2, 0.25) is 0 Å². The molecule has 178 valence electrons. The van der Waals surface area contributed by atoms with Gasteiger partial charge < -0.3 is 15.7 Å². The number of rotatable bonds is 4. The minimum atomic E-state index is -1.07. The lowest BCUT2D eigenvalue weighted by Crippen LogP contribution is -2.33. The molecule has 5 rings (SSSR count). The average molecular weight is 489 g/mol. The number of carbonyl (C=O) groups excluding carboxylic acids is 1. The predicted octanol–water partition coefficient (Wildman–Crippen LogP) is 3.68. The van der Waals surface area contributed by atoms with Gasteiger partial charge in [-0.1, -0.05) is 23.4 Å². The van der Waals surface area contributed by atoms with Crippen molar-refractivity contribution in [1.29, 1.82) is 0 Å². The number of anilines is 1. The number of carbonyl (C=O) groups is 1. The van der Waals surface area contributed by atoms with Crippen LogP contribution in [0.5, 0.6) is 0 Å². The zero-order valence-electron chi connectivity index (χ0n) is 19.7. The summed E-state index contributed by atoms with van der Waals surface area (Å²) in [5, 5.41) is 15.9. The van der Waals surface area contributed by atoms with Crippen molar-refractivity contribution in [1.82, 2.24) is 24.6 Å². The minimum Gasteiger partial charge on any atom is -0.383 e. The zero-order chi connectivity index (χ0) is 24.9. The van der Waals surface area contributed by atoms with Crippen LogP contribution < -0.4 is 5.73 Å². The number of pyridine rings is 2. The smallest absolute Gasteiger partial charge is 0.255 e. The number of halogens is 1. The first kappa shape index (κ1) is 23.1. The summed E-state index contributed by atoms with van der Waals surface area (Å²) in [6.07, 6.45) is 5.21. The van der Waals surface area contributed by atoms with E-state index in [1.54, 1.807) is 43.1 Å². The van der Waals surface area contributed by atoms with E-state index in [1.807, 2.05) is 24.1 Å². The molecular formula is C26H25ClN6O2. The molecule has 1 aromatic carbocycles. The summed E-state index contributed by atoms with van der Waals surface area (Å²) in [5.41, 5.74) is 8.31. The van der Waals surface area contributed by atoms with E-state index in [0.717, 1.165) is 34.8 Å². The van der Waals surface area contributed by atoms with Crippen molar-refractivity contribution in [2.45, 2.75) is 44.9 Å². The zero-order valence-corrected chi connectivity index (χ0v) is 20.5. The van der Waals surface area contributed by atoms with Gasteiger partial charge in [-0.05, 0) is 51.0 Å². The Morgan fingerprint density at radius 1 is 1.29 bits per heavy atom. The third-order valence-electron chi connectivity index (χ3n) is 5.94. The van der Waals surface area contributed by atoms with Crippen molar-refractivity contribution in [3.8, 4) is 11.8 Å². The maximum absolute atomic E-state index is 13.7. The summed E-state index contributed by atoms with van der Waals surface area (Å²) >= 11 is 6.58. The molecule has 0 spiro atoms. The van der Waals surface area contributed by atoms with Crippen molar-refractivity contribution < 1.29 is 9.90 Å². The van der Waals surface area contributed by atoms with E-state index in [4.69, 9.17) is 17.3 Å². The monoisotopic (exact) mass is 488 g/mol. The summed E-state index contributed by atoms with van der Waals surface area (Å²) in [6.45, 7) is 3.62. The van der Waals surface area contributed by atoms with Crippen molar-refractivity contribution in [2.75, 3.05) is 5.73 Å². The van der Waals surface area contributed by atoms with Crippen LogP contribution in [0.15, 0.2) is 36.7 Å². The van der Waals surface area contributed by atoms with Crippen molar-refractivity contribution >= 4 is 45.1 Å². The third kappa shape index (κ3) is 4.65. The number of benzene rings is 1. The van der Waals surface area contributed by atoms with Gasteiger partial charge in [-0.3, -0.25) is 14.5 Å². The molecule has 8 nitrogen and oxygen atoms in total. The first-order chi connectivity index (χ1) is 16.6. The Labute approximate surface area is 207 Å². The molecular weight excluding hydrogens is 464 g/mol. The summed E-state index contributed by atoms with van der Waals surface area (Å²) in [5.74, 6) is 5.90. The van der Waals surface area contributed by atoms with Crippen molar-refractivity contribution in [3.05, 3.63) is 58.5 Å². The van der Waals surface area contributed by atoms with Crippen LogP contribution in [-0.4, -0.2) is 47.3 Å². The number of hydrogen-bond donors (Lipinski definition) is 2. The molecule has 1 fully saturated rings. The molecule has 3 heterocycles. The molecule has 1 aliphatic rings. The van der Waals surface area contributed by atoms with Crippen LogP contribution in [0.2, 0.25) is 5.02 Å². The number of nitrogens with two attached hydrogens (primary N) is 1. The molecule has 1 amide bonds. The highest BCUT2D eigenvalue weighted by Crippen LogP contribution is 2.34. The molecule has 0 bridgehead atoms. The highest BCUT2D eigenvalue weighted by Gasteiger charge is 2.34. The van der Waals surface area contributed by atoms with Gasteiger partial charge in [0, 0.05) is 30.2 Å². The van der Waals surface area contributed by atoms with E-state index < -0.39 is 5.60 Å². The third-order valence-corrected chi connectivity index (χ3v) is 6.26. The second-order valence-electron chi connectivity index (χ2n) is 9.39. The fraction of sp³-hybridized carbons (Fsp3) is 0.308. The van der Waals surface area contributed by atoms with Gasteiger partial charge in [-0.15, -0.1) is 0 Å². The second kappa shape index (κ2) is 8.52. The Kier molecular flexibility index (Phi) is 5.62. The van der Waals surface area contributed by atoms with Gasteiger partial charge in [0.1, 0.15) is 11.4 Å². The van der Waals surface area contributed by atoms with Crippen LogP contribution in [0.1, 0.15) is 48.3 Å². The number of nitrogens with zero attached hydrogens (tertiary/aromatic N) is 5. The highest BCUT2D eigenvalue weighted by molar-refractivity contribution is 6.35. The van der Waals surface area contributed by atoms with Gasteiger partial charge in [-0.2, -0.15) is 5.10 Å². The molecule has 9 heteroatoms. The van der Waals surface area contributed by atoms with E-state index in [2.05, 4.69) is 26.9 Å². The highest BCUT2D eigenvalue weighted by atomic mass is 35.5. The summed E-state index contributed by atoms with van der Waals surface area (Å²) in [7, 11) is 1.83. The maximum Gasteiger partial charge on any atom is 0.255 e. The Hall–Kier alpha value is -3.67. The van der Waals surface area contributed by atoms with Crippen molar-refractivity contribution in [3.63, 3.8) is 0 Å². The van der Waals surface area contributed by atoms with Crippen LogP contribution in [0, 0.1) is 11.8 Å². The molecule has 3 N–H and O–H groups in total. The fourth-order valence-corrected chi connectivity index (χ4v) is 4.28. The maximum atomic E-state index is 13.7. The van der Waals surface area contributed by atoms with Gasteiger partial charge >= 0.3 is 0 Å². The first-order valence-corrected chi connectivity index (χ1v) is 11.7. The lowest BCUT2D eigenvalue weighted by Gasteiger charge is -2.23. The number of aryl methyl sites for hydroxylation is 1. The summed E-state index contributed by atoms with van der Waals surface area (Å²) in [4.78, 5) is 24.5. The Bertz CT molecular complexity index is 1520. The fourth-order valence-electron chi connectivity index (χ4n) is 4.04. The number of nitrogen functional groups attached to an aromatic ring is 1. The first-order valence-electron chi connectivity index (χ1n) is 11.3. The molecule has 0 radical (unpaired) electrons. The standard InChI is InChI=1S/C26H25ClN6O2/c1-26(2,35)9-8-15-4-5-16(29-12-15)14-33(17-6-7-17)25(34)18-10-19-22(11-21(18)27)31-24(28)20-13-30-32(3)23(19)20/h4-5,10-13,17,35H,6-7,14H2,1-3H3,(H2,28,31). The lowest BCUT2D eigenvalue weighted by atomic mass is 10.1. The number of hydrogen-bond acceptors (Lipinski definition) is 6. The Balaban J connectivity index is 1.48. The van der Waals surface area contributed by atoms with Crippen LogP contribution >= 0.6 is 11.6 Å². The van der Waals surface area contributed by atoms with Crippen molar-refractivity contribution in [2.24, 2.45) is 7.05 Å². The normalized spacial score (nSPS) is 13.6. The van der Waals surface area contributed by atoms with Gasteiger partial charge in [0.15, 0.2) is 0 Å². The van der Waals surface area contributed by atoms with Gasteiger partial charge in [-0.25, -0.2) is 4.98 Å². The van der Waals surface area contributed by atoms with Crippen LogP contribution in [0.4, 0.5) is 5.82 Å². The van der Waals surface area contributed by atoms with E-state index in [1.165, 1.54) is 0 Å². The number of fused-ring (bicyclic) bond motifs is 3. The van der Waals surface area contributed by atoms with E-state index >= 15 is 0 Å². The molecule has 0 unspecified atom stereocenters. The van der Waals surface area contributed by atoms with Crippen LogP contribution in [0.25, 0.3) is 21.8 Å². The lowest BCUT2D eigenvalue weighted by molar-refractivity contribution is 0.0728. The molecule has 0 atom stereocenters. The molecule has 1 aliphatic carbocycles. The largest absolute Gasteiger partial charge is 0.383 e. The quantitative estimate of drug-likeness (QED) is 0.424. The Morgan fingerprint density at radius 2 is 2.06 bits per heavy atom. The number of aromatic nitrogens is 4. The Morgan fingerprint density at radius 3 is 2.71 bits per heavy atom. The van der Waals surface area contributed by atoms with Crippen LogP contribution in [-0.2, 0) is 13.6 Å². The molecule has 4 aromatic rings. The molecule has 35 heavy (non-hydrogen) atoms. The predicted molar refractivity (Wildman–Crippen MR) is 136 cm³/mol. The topological polar surface area (TPSA) is 110 Å². The summed E-state index contributed by atoms with van der Waals surface area (Å²) in [6, 6.07) is 7.31. The average Bonchev–Trinajstić information content (AvgIpc) is 3.57. The van der Waals surface area contributed by atoms with Gasteiger partial charge in [0.25, 0.3) is 5.91 Å². The minimum absolute atomic E-state index is 0.145. The van der Waals surface area contributed by atoms with E-state index in [-0.39, 0.29) is 11.9 Å². The molecule has 1 saturated carbocycles. The van der Waals surface area contributed by atoms with Gasteiger partial charge in [0.05, 0.1) is 45.4 Å². The molecule has 3 aromatic heterocycles. The summed E-state index contributed by atoms with van der Waals surface area (Å²) < 4.78 is 1.73. The molecule has 0 aliphatic heterocycles. The van der Waals surface area contributed by atoms with E-state index in [0.29, 0.717) is 34.0 Å².